The summed E-state index contributed by atoms with van der Waals surface area (Å²) in [6.07, 6.45) is 0. The van der Waals surface area contributed by atoms with Crippen LogP contribution < -0.4 is 11.5 Å². The van der Waals surface area contributed by atoms with E-state index < -0.39 is 5.97 Å². The summed E-state index contributed by atoms with van der Waals surface area (Å²) in [5.41, 5.74) is 10.8. The smallest absolute Gasteiger partial charge is 0.337 e. The minimum Gasteiger partial charge on any atom is -0.478 e. The molecule has 0 aliphatic heterocycles. The summed E-state index contributed by atoms with van der Waals surface area (Å²) < 4.78 is 0. The van der Waals surface area contributed by atoms with Crippen molar-refractivity contribution in [3.63, 3.8) is 0 Å². The zero-order valence-electron chi connectivity index (χ0n) is 6.61. The van der Waals surface area contributed by atoms with Crippen molar-refractivity contribution in [2.24, 2.45) is 0 Å². The molecule has 5 N–H and O–H groups in total. The molecule has 0 unspecified atom stereocenters. The average Bonchev–Trinajstić information content (AvgIpc) is 2.09. The molecule has 0 atom stereocenters. The van der Waals surface area contributed by atoms with E-state index in [0.29, 0.717) is 0 Å². The molecule has 66 valence electrons. The van der Waals surface area contributed by atoms with Crippen molar-refractivity contribution >= 4 is 17.3 Å². The summed E-state index contributed by atoms with van der Waals surface area (Å²) in [7, 11) is 0. The lowest BCUT2D eigenvalue weighted by molar-refractivity contribution is 0.0696. The van der Waals surface area contributed by atoms with Crippen LogP contribution in [-0.4, -0.2) is 11.1 Å². The maximum atomic E-state index is 10.6. The first kappa shape index (κ1) is 8.87. The van der Waals surface area contributed by atoms with Crippen molar-refractivity contribution < 1.29 is 9.90 Å². The Morgan fingerprint density at radius 2 is 2.08 bits per heavy atom. The highest BCUT2D eigenvalue weighted by atomic mass is 16.4. The Labute approximate surface area is 74.2 Å². The Balaban J connectivity index is 3.50. The van der Waals surface area contributed by atoms with E-state index in [1.807, 2.05) is 0 Å². The molecule has 1 aromatic rings. The summed E-state index contributed by atoms with van der Waals surface area (Å²) in [5, 5.41) is 17.3. The Bertz CT molecular complexity index is 407. The van der Waals surface area contributed by atoms with Gasteiger partial charge in [0.25, 0.3) is 0 Å². The Morgan fingerprint density at radius 1 is 1.46 bits per heavy atom. The summed E-state index contributed by atoms with van der Waals surface area (Å²) in [6, 6.07) is 4.32. The van der Waals surface area contributed by atoms with E-state index in [1.165, 1.54) is 12.1 Å². The van der Waals surface area contributed by atoms with Gasteiger partial charge < -0.3 is 16.6 Å². The second-order valence-electron chi connectivity index (χ2n) is 2.41. The lowest BCUT2D eigenvalue weighted by Crippen LogP contribution is -2.05. The van der Waals surface area contributed by atoms with Crippen LogP contribution in [0.25, 0.3) is 0 Å². The van der Waals surface area contributed by atoms with Gasteiger partial charge in [-0.15, -0.1) is 0 Å². The number of carboxylic acid groups (broad SMARTS) is 1. The number of carboxylic acids is 1. The van der Waals surface area contributed by atoms with Crippen molar-refractivity contribution in [2.75, 3.05) is 11.5 Å². The molecule has 13 heavy (non-hydrogen) atoms. The van der Waals surface area contributed by atoms with Crippen LogP contribution in [0.15, 0.2) is 12.1 Å². The highest BCUT2D eigenvalue weighted by molar-refractivity contribution is 5.94. The zero-order chi connectivity index (χ0) is 10.0. The predicted molar refractivity (Wildman–Crippen MR) is 46.9 cm³/mol. The monoisotopic (exact) mass is 177 g/mol. The number of hydrogen-bond acceptors (Lipinski definition) is 4. The summed E-state index contributed by atoms with van der Waals surface area (Å²) in [6.45, 7) is 0. The van der Waals surface area contributed by atoms with Crippen LogP contribution in [0.4, 0.5) is 11.4 Å². The quantitative estimate of drug-likeness (QED) is 0.538. The topological polar surface area (TPSA) is 113 Å². The molecule has 0 fully saturated rings. The maximum Gasteiger partial charge on any atom is 0.337 e. The molecule has 0 radical (unpaired) electrons. The van der Waals surface area contributed by atoms with Gasteiger partial charge in [0, 0.05) is 0 Å². The van der Waals surface area contributed by atoms with Crippen LogP contribution >= 0.6 is 0 Å². The summed E-state index contributed by atoms with van der Waals surface area (Å²) >= 11 is 0. The molecule has 0 spiro atoms. The fraction of sp³-hybridized carbons (Fsp3) is 0. The van der Waals surface area contributed by atoms with Gasteiger partial charge in [0.05, 0.1) is 22.5 Å². The molecule has 0 saturated heterocycles. The van der Waals surface area contributed by atoms with Gasteiger partial charge in [0.15, 0.2) is 0 Å². The lowest BCUT2D eigenvalue weighted by atomic mass is 10.1. The number of nitrogens with two attached hydrogens (primary N) is 2. The molecule has 0 aliphatic carbocycles. The molecular weight excluding hydrogens is 170 g/mol. The van der Waals surface area contributed by atoms with Crippen molar-refractivity contribution in [2.45, 2.75) is 0 Å². The summed E-state index contributed by atoms with van der Waals surface area (Å²) in [5.74, 6) is -1.19. The number of hydrogen-bond donors (Lipinski definition) is 3. The number of nitriles is 1. The third kappa shape index (κ3) is 1.37. The molecule has 0 aliphatic rings. The van der Waals surface area contributed by atoms with Crippen LogP contribution in [0, 0.1) is 11.3 Å². The Hall–Kier alpha value is -2.22. The van der Waals surface area contributed by atoms with E-state index >= 15 is 0 Å². The highest BCUT2D eigenvalue weighted by Gasteiger charge is 2.13. The number of rotatable bonds is 1. The molecule has 0 aromatic heterocycles. The second-order valence-corrected chi connectivity index (χ2v) is 2.41. The van der Waals surface area contributed by atoms with Gasteiger partial charge >= 0.3 is 5.97 Å². The molecule has 0 saturated carbocycles. The third-order valence-electron chi connectivity index (χ3n) is 1.62. The number of nitrogens with zero attached hydrogens (tertiary/aromatic N) is 1. The average molecular weight is 177 g/mol. The molecule has 1 rings (SSSR count). The molecule has 5 nitrogen and oxygen atoms in total. The second kappa shape index (κ2) is 3.03. The first-order valence-electron chi connectivity index (χ1n) is 3.39. The first-order chi connectivity index (χ1) is 6.07. The maximum absolute atomic E-state index is 10.6. The molecular formula is C8H7N3O2. The highest BCUT2D eigenvalue weighted by Crippen LogP contribution is 2.22. The number of benzene rings is 1. The van der Waals surface area contributed by atoms with Gasteiger partial charge in [-0.2, -0.15) is 5.26 Å². The van der Waals surface area contributed by atoms with Crippen LogP contribution in [0.1, 0.15) is 15.9 Å². The van der Waals surface area contributed by atoms with Gasteiger partial charge in [-0.3, -0.25) is 0 Å². The lowest BCUT2D eigenvalue weighted by Gasteiger charge is -2.04. The van der Waals surface area contributed by atoms with Crippen molar-refractivity contribution in [1.29, 1.82) is 5.26 Å². The van der Waals surface area contributed by atoms with Gasteiger partial charge in [-0.05, 0) is 12.1 Å². The van der Waals surface area contributed by atoms with E-state index in [-0.39, 0.29) is 22.5 Å². The Morgan fingerprint density at radius 3 is 2.54 bits per heavy atom. The van der Waals surface area contributed by atoms with Gasteiger partial charge in [-0.1, -0.05) is 0 Å². The van der Waals surface area contributed by atoms with E-state index in [4.69, 9.17) is 21.8 Å². The van der Waals surface area contributed by atoms with E-state index in [2.05, 4.69) is 0 Å². The molecule has 1 aromatic carbocycles. The normalized spacial score (nSPS) is 9.15. The van der Waals surface area contributed by atoms with Crippen molar-refractivity contribution in [1.82, 2.24) is 0 Å². The number of carbonyl (C=O) groups is 1. The fourth-order valence-electron chi connectivity index (χ4n) is 0.934. The molecule has 0 heterocycles. The predicted octanol–water partition coefficient (Wildman–Crippen LogP) is 0.421. The van der Waals surface area contributed by atoms with Crippen LogP contribution in [-0.2, 0) is 0 Å². The summed E-state index contributed by atoms with van der Waals surface area (Å²) in [4.78, 5) is 10.6. The zero-order valence-corrected chi connectivity index (χ0v) is 6.61. The van der Waals surface area contributed by atoms with Crippen molar-refractivity contribution in [3.8, 4) is 6.07 Å². The van der Waals surface area contributed by atoms with Crippen LogP contribution in [0.5, 0.6) is 0 Å². The van der Waals surface area contributed by atoms with E-state index in [0.717, 1.165) is 0 Å². The standard InChI is InChI=1S/C8H7N3O2/c9-3-5-4(8(12)13)1-2-6(10)7(5)11/h1-2H,10-11H2,(H,12,13). The number of aromatic carboxylic acids is 1. The molecule has 0 amide bonds. The van der Waals surface area contributed by atoms with Crippen LogP contribution in [0.3, 0.4) is 0 Å². The largest absolute Gasteiger partial charge is 0.478 e. The SMILES string of the molecule is N#Cc1c(C(=O)O)ccc(N)c1N. The number of anilines is 2. The first-order valence-corrected chi connectivity index (χ1v) is 3.39. The van der Waals surface area contributed by atoms with E-state index in [1.54, 1.807) is 6.07 Å². The van der Waals surface area contributed by atoms with Gasteiger partial charge in [0.2, 0.25) is 0 Å². The van der Waals surface area contributed by atoms with E-state index in [9.17, 15) is 4.79 Å². The molecule has 5 heteroatoms. The van der Waals surface area contributed by atoms with Crippen LogP contribution in [0.2, 0.25) is 0 Å². The minimum atomic E-state index is -1.19. The fourth-order valence-corrected chi connectivity index (χ4v) is 0.934. The number of nitrogen functional groups attached to an aromatic ring is 2. The molecule has 0 bridgehead atoms. The third-order valence-corrected chi connectivity index (χ3v) is 1.62. The Kier molecular flexibility index (Phi) is 2.07. The van der Waals surface area contributed by atoms with Gasteiger partial charge in [0.1, 0.15) is 6.07 Å². The van der Waals surface area contributed by atoms with Crippen molar-refractivity contribution in [3.05, 3.63) is 23.3 Å². The minimum absolute atomic E-state index is 0.0161. The van der Waals surface area contributed by atoms with Gasteiger partial charge in [-0.25, -0.2) is 4.79 Å².